The molecule has 1 aromatic heterocycles. The Morgan fingerprint density at radius 1 is 1.00 bits per heavy atom. The van der Waals surface area contributed by atoms with Crippen molar-refractivity contribution in [1.29, 1.82) is 0 Å². The molecule has 0 N–H and O–H groups in total. The molecule has 2 aromatic carbocycles. The van der Waals surface area contributed by atoms with E-state index in [4.69, 9.17) is 0 Å². The summed E-state index contributed by atoms with van der Waals surface area (Å²) in [5.74, 6) is -0.298. The summed E-state index contributed by atoms with van der Waals surface area (Å²) < 4.78 is 37.2. The van der Waals surface area contributed by atoms with Gasteiger partial charge in [-0.1, -0.05) is 40.2 Å². The van der Waals surface area contributed by atoms with Crippen LogP contribution in [0.5, 0.6) is 0 Å². The van der Waals surface area contributed by atoms with Gasteiger partial charge in [-0.3, -0.25) is 9.59 Å². The number of carbonyl (C=O) groups excluding carboxylic acids is 1. The molecule has 0 bridgehead atoms. The van der Waals surface area contributed by atoms with Gasteiger partial charge in [-0.25, -0.2) is 8.42 Å². The number of rotatable bonds is 1. The first-order chi connectivity index (χ1) is 11.7. The Kier molecular flexibility index (Phi) is 4.79. The fraction of sp³-hybridized carbons (Fsp3) is 0.0588. The third-order valence-electron chi connectivity index (χ3n) is 4.39. The summed E-state index contributed by atoms with van der Waals surface area (Å²) in [6.07, 6.45) is 0. The van der Waals surface area contributed by atoms with E-state index in [0.717, 1.165) is 4.57 Å². The number of hydrogen-bond acceptors (Lipinski definition) is 5. The minimum absolute atomic E-state index is 0. The first-order valence-electron chi connectivity index (χ1n) is 7.18. The van der Waals surface area contributed by atoms with E-state index in [2.05, 4.69) is 15.9 Å². The summed E-state index contributed by atoms with van der Waals surface area (Å²) in [5, 5.41) is 0.287. The van der Waals surface area contributed by atoms with Gasteiger partial charge in [0.25, 0.3) is 5.56 Å². The number of aromatic nitrogens is 1. The molecule has 0 saturated heterocycles. The third kappa shape index (κ3) is 2.56. The second-order valence-electron chi connectivity index (χ2n) is 5.71. The van der Waals surface area contributed by atoms with Gasteiger partial charge >= 0.3 is 0 Å². The average Bonchev–Trinajstić information content (AvgIpc) is 2.55. The summed E-state index contributed by atoms with van der Waals surface area (Å²) in [7, 11) is -3.68. The maximum atomic E-state index is 12.9. The van der Waals surface area contributed by atoms with Gasteiger partial charge in [-0.05, 0) is 17.7 Å². The summed E-state index contributed by atoms with van der Waals surface area (Å²) >= 11 is 3.32. The molecule has 0 unspecified atom stereocenters. The number of fused-ring (bicyclic) bond motifs is 2. The molecule has 26 heavy (non-hydrogen) atoms. The molecule has 9 heteroatoms. The molecular weight excluding hydrogens is 433 g/mol. The Morgan fingerprint density at radius 3 is 2.23 bits per heavy atom. The van der Waals surface area contributed by atoms with Crippen LogP contribution < -0.4 is 5.56 Å². The third-order valence-corrected chi connectivity index (χ3v) is 5.93. The van der Waals surface area contributed by atoms with Gasteiger partial charge in [-0.15, -0.1) is 0 Å². The van der Waals surface area contributed by atoms with Crippen molar-refractivity contribution in [1.82, 2.24) is 4.57 Å². The van der Waals surface area contributed by atoms with Gasteiger partial charge in [0.1, 0.15) is 15.0 Å². The van der Waals surface area contributed by atoms with Crippen molar-refractivity contribution in [2.75, 3.05) is 0 Å². The fourth-order valence-corrected chi connectivity index (χ4v) is 4.65. The van der Waals surface area contributed by atoms with Crippen molar-refractivity contribution in [3.05, 3.63) is 62.4 Å². The van der Waals surface area contributed by atoms with E-state index in [9.17, 15) is 22.6 Å². The second-order valence-corrected chi connectivity index (χ2v) is 7.88. The van der Waals surface area contributed by atoms with Crippen LogP contribution in [-0.4, -0.2) is 52.9 Å². The Morgan fingerprint density at radius 2 is 1.62 bits per heavy atom. The molecule has 0 amide bonds. The van der Waals surface area contributed by atoms with E-state index in [0.29, 0.717) is 9.99 Å². The second kappa shape index (κ2) is 6.40. The minimum atomic E-state index is -5.06. The van der Waals surface area contributed by atoms with Crippen LogP contribution in [0.4, 0.5) is 0 Å². The fourth-order valence-electron chi connectivity index (χ4n) is 3.33. The van der Waals surface area contributed by atoms with Crippen LogP contribution in [0.15, 0.2) is 50.6 Å². The summed E-state index contributed by atoms with van der Waals surface area (Å²) in [4.78, 5) is 24.7. The van der Waals surface area contributed by atoms with Crippen LogP contribution in [0.25, 0.3) is 22.0 Å². The number of nitrogens with zero attached hydrogens (tertiary/aromatic N) is 1. The van der Waals surface area contributed by atoms with Gasteiger partial charge in [0.15, 0.2) is 5.78 Å². The standard InChI is InChI=1S/C17H10BrNO5S.Na/c1-19-11-7-6-10(18)13-14(11)12(16(17(19)21)25(22,23)24)8-4-2-3-5-9(8)15(13)20;/h2-7H,1H3,(H,22,23,24);/p-1. The molecule has 1 heterocycles. The Balaban J connectivity index is 0.00000196. The molecule has 0 spiro atoms. The molecule has 0 saturated carbocycles. The molecule has 0 aliphatic heterocycles. The zero-order valence-corrected chi connectivity index (χ0v) is 18.1. The number of carbonyl (C=O) groups is 1. The largest absolute Gasteiger partial charge is 0.744 e. The molecule has 1 radical (unpaired) electrons. The smallest absolute Gasteiger partial charge is 0.269 e. The Bertz CT molecular complexity index is 1280. The van der Waals surface area contributed by atoms with E-state index in [1.54, 1.807) is 36.4 Å². The number of pyridine rings is 1. The molecule has 1 aliphatic rings. The Hall–Kier alpha value is -1.29. The molecule has 1 aliphatic carbocycles. The summed E-state index contributed by atoms with van der Waals surface area (Å²) in [6, 6.07) is 9.58. The van der Waals surface area contributed by atoms with Gasteiger partial charge in [-0.2, -0.15) is 0 Å². The van der Waals surface area contributed by atoms with Crippen LogP contribution in [0.1, 0.15) is 15.9 Å². The topological polar surface area (TPSA) is 96.3 Å². The predicted molar refractivity (Wildman–Crippen MR) is 99.5 cm³/mol. The zero-order valence-electron chi connectivity index (χ0n) is 13.7. The molecule has 4 rings (SSSR count). The normalized spacial score (nSPS) is 12.7. The van der Waals surface area contributed by atoms with E-state index in [1.807, 2.05) is 0 Å². The maximum absolute atomic E-state index is 12.9. The monoisotopic (exact) mass is 441 g/mol. The molecule has 3 aromatic rings. The maximum Gasteiger partial charge on any atom is 0.269 e. The number of hydrogen-bond donors (Lipinski definition) is 0. The number of ketones is 1. The van der Waals surface area contributed by atoms with E-state index in [1.165, 1.54) is 7.05 Å². The average molecular weight is 442 g/mol. The van der Waals surface area contributed by atoms with Gasteiger partial charge < -0.3 is 9.12 Å². The molecule has 127 valence electrons. The van der Waals surface area contributed by atoms with Crippen molar-refractivity contribution in [3.8, 4) is 11.1 Å². The van der Waals surface area contributed by atoms with Crippen LogP contribution in [0, 0.1) is 0 Å². The quantitative estimate of drug-likeness (QED) is 0.332. The summed E-state index contributed by atoms with van der Waals surface area (Å²) in [5.41, 5.74) is 0.242. The summed E-state index contributed by atoms with van der Waals surface area (Å²) in [6.45, 7) is 0. The van der Waals surface area contributed by atoms with Crippen molar-refractivity contribution in [2.45, 2.75) is 4.90 Å². The molecule has 6 nitrogen and oxygen atoms in total. The van der Waals surface area contributed by atoms with Gasteiger partial charge in [0.2, 0.25) is 0 Å². The van der Waals surface area contributed by atoms with Crippen LogP contribution >= 0.6 is 15.9 Å². The minimum Gasteiger partial charge on any atom is -0.744 e. The van der Waals surface area contributed by atoms with E-state index < -0.39 is 20.6 Å². The number of halogens is 1. The van der Waals surface area contributed by atoms with Gasteiger partial charge in [0.05, 0.1) is 5.52 Å². The van der Waals surface area contributed by atoms with Crippen molar-refractivity contribution in [3.63, 3.8) is 0 Å². The first kappa shape index (κ1) is 19.5. The van der Waals surface area contributed by atoms with Crippen molar-refractivity contribution >= 4 is 72.3 Å². The first-order valence-corrected chi connectivity index (χ1v) is 9.39. The SMILES string of the molecule is Cn1c(=O)c(S(=O)(=O)[O-])c2c3c(c(Br)ccc31)C(=O)c1ccccc1-2.[Na]. The predicted octanol–water partition coefficient (Wildman–Crippen LogP) is 2.04. The van der Waals surface area contributed by atoms with Crippen LogP contribution in [-0.2, 0) is 17.2 Å². The van der Waals surface area contributed by atoms with Crippen LogP contribution in [0.3, 0.4) is 0 Å². The van der Waals surface area contributed by atoms with Crippen molar-refractivity contribution < 1.29 is 17.8 Å². The van der Waals surface area contributed by atoms with Crippen molar-refractivity contribution in [2.24, 2.45) is 7.05 Å². The molecule has 0 atom stereocenters. The Labute approximate surface area is 179 Å². The van der Waals surface area contributed by atoms with E-state index in [-0.39, 0.29) is 63.0 Å². The molecule has 0 fully saturated rings. The van der Waals surface area contributed by atoms with Gasteiger partial charge in [0, 0.05) is 63.2 Å². The van der Waals surface area contributed by atoms with Crippen LogP contribution in [0.2, 0.25) is 0 Å². The van der Waals surface area contributed by atoms with E-state index >= 15 is 0 Å². The number of benzene rings is 2. The zero-order chi connectivity index (χ0) is 18.1. The number of aryl methyl sites for hydroxylation is 1. The molecular formula is C17H9BrNNaO5S-.